The Labute approximate surface area is 134 Å². The molecule has 5 rings (SSSR count). The van der Waals surface area contributed by atoms with Crippen LogP contribution >= 0.6 is 0 Å². The molecule has 4 aromatic rings. The zero-order valence-corrected chi connectivity index (χ0v) is 12.4. The van der Waals surface area contributed by atoms with E-state index in [9.17, 15) is 4.79 Å². The van der Waals surface area contributed by atoms with Crippen LogP contribution in [0.3, 0.4) is 0 Å². The van der Waals surface area contributed by atoms with Gasteiger partial charge in [0, 0.05) is 29.1 Å². The summed E-state index contributed by atoms with van der Waals surface area (Å²) in [5.74, 6) is 0.965. The predicted octanol–water partition coefficient (Wildman–Crippen LogP) is 0.288. The molecule has 0 aromatic carbocycles. The van der Waals surface area contributed by atoms with Crippen molar-refractivity contribution in [3.8, 4) is 11.6 Å². The first kappa shape index (κ1) is 13.0. The molecule has 118 valence electrons. The number of rotatable bonds is 3. The van der Waals surface area contributed by atoms with Crippen LogP contribution in [0.25, 0.3) is 22.4 Å². The minimum Gasteiger partial charge on any atom is -0.312 e. The average Bonchev–Trinajstić information content (AvgIpc) is 3.07. The van der Waals surface area contributed by atoms with E-state index in [-0.39, 0.29) is 11.6 Å². The summed E-state index contributed by atoms with van der Waals surface area (Å²) >= 11 is 0. The lowest BCUT2D eigenvalue weighted by Crippen LogP contribution is -2.19. The monoisotopic (exact) mass is 321 g/mol. The van der Waals surface area contributed by atoms with Crippen LogP contribution in [-0.2, 0) is 0 Å². The molecule has 0 spiro atoms. The molecule has 1 aliphatic rings. The molecule has 0 atom stereocenters. The molecule has 4 aromatic heterocycles. The third kappa shape index (κ3) is 1.93. The van der Waals surface area contributed by atoms with Gasteiger partial charge in [-0.1, -0.05) is 0 Å². The molecule has 0 unspecified atom stereocenters. The molecule has 4 heterocycles. The van der Waals surface area contributed by atoms with Crippen molar-refractivity contribution < 1.29 is 0 Å². The van der Waals surface area contributed by atoms with Crippen molar-refractivity contribution in [1.29, 1.82) is 0 Å². The van der Waals surface area contributed by atoms with Crippen LogP contribution in [0.5, 0.6) is 0 Å². The largest absolute Gasteiger partial charge is 0.312 e. The topological polar surface area (TPSA) is 109 Å². The Morgan fingerprint density at radius 1 is 0.917 bits per heavy atom. The molecule has 0 amide bonds. The molecule has 0 bridgehead atoms. The molecule has 1 fully saturated rings. The lowest BCUT2D eigenvalue weighted by molar-refractivity contribution is 0.709. The first-order valence-corrected chi connectivity index (χ1v) is 7.44. The third-order valence-corrected chi connectivity index (χ3v) is 4.01. The smallest absolute Gasteiger partial charge is 0.251 e. The predicted molar refractivity (Wildman–Crippen MR) is 81.9 cm³/mol. The molecule has 1 saturated carbocycles. The summed E-state index contributed by atoms with van der Waals surface area (Å²) in [5.41, 5.74) is -0.0658. The van der Waals surface area contributed by atoms with Crippen molar-refractivity contribution in [3.63, 3.8) is 0 Å². The summed E-state index contributed by atoms with van der Waals surface area (Å²) in [5, 5.41) is 18.1. The van der Waals surface area contributed by atoms with Crippen LogP contribution in [0.15, 0.2) is 42.4 Å². The fraction of sp³-hybridized carbons (Fsp3) is 0.214. The minimum atomic E-state index is -0.0658. The highest BCUT2D eigenvalue weighted by molar-refractivity contribution is 5.92. The van der Waals surface area contributed by atoms with Crippen molar-refractivity contribution >= 4 is 10.8 Å². The number of fused-ring (bicyclic) bond motifs is 1. The molecular formula is C14H11N9O. The zero-order valence-electron chi connectivity index (χ0n) is 12.4. The normalized spacial score (nSPS) is 14.3. The van der Waals surface area contributed by atoms with Crippen molar-refractivity contribution in [2.75, 3.05) is 0 Å². The fourth-order valence-electron chi connectivity index (χ4n) is 2.73. The maximum atomic E-state index is 12.5. The Kier molecular flexibility index (Phi) is 2.60. The highest BCUT2D eigenvalue weighted by atomic mass is 16.1. The summed E-state index contributed by atoms with van der Waals surface area (Å²) in [6.45, 7) is 0. The van der Waals surface area contributed by atoms with Crippen molar-refractivity contribution in [2.45, 2.75) is 18.9 Å². The van der Waals surface area contributed by atoms with Gasteiger partial charge in [-0.2, -0.15) is 10.2 Å². The minimum absolute atomic E-state index is 0.0658. The van der Waals surface area contributed by atoms with Crippen LogP contribution < -0.4 is 5.56 Å². The van der Waals surface area contributed by atoms with Crippen molar-refractivity contribution in [1.82, 2.24) is 44.3 Å². The standard InChI is InChI=1S/C14H11N9O/c24-12-3-10-11(4-21(12)9-1-2-9)14(23-8-16-6-18-23)20-19-13(10)22-7-15-5-17-22/h3-9H,1-2H2. The van der Waals surface area contributed by atoms with Crippen LogP contribution in [0, 0.1) is 0 Å². The van der Waals surface area contributed by atoms with E-state index < -0.39 is 0 Å². The van der Waals surface area contributed by atoms with E-state index >= 15 is 0 Å². The van der Waals surface area contributed by atoms with Crippen LogP contribution in [0.1, 0.15) is 18.9 Å². The Balaban J connectivity index is 1.86. The third-order valence-electron chi connectivity index (χ3n) is 4.01. The molecule has 0 radical (unpaired) electrons. The summed E-state index contributed by atoms with van der Waals surface area (Å²) in [6.07, 6.45) is 9.74. The van der Waals surface area contributed by atoms with Crippen LogP contribution in [0.4, 0.5) is 0 Å². The van der Waals surface area contributed by atoms with Crippen LogP contribution in [-0.4, -0.2) is 44.3 Å². The Morgan fingerprint density at radius 3 is 2.08 bits per heavy atom. The summed E-state index contributed by atoms with van der Waals surface area (Å²) < 4.78 is 4.76. The van der Waals surface area contributed by atoms with Gasteiger partial charge in [-0.05, 0) is 12.8 Å². The summed E-state index contributed by atoms with van der Waals surface area (Å²) in [4.78, 5) is 20.4. The number of hydrogen-bond acceptors (Lipinski definition) is 7. The summed E-state index contributed by atoms with van der Waals surface area (Å²) in [7, 11) is 0. The highest BCUT2D eigenvalue weighted by Gasteiger charge is 2.26. The molecule has 0 aliphatic heterocycles. The van der Waals surface area contributed by atoms with Gasteiger partial charge in [-0.15, -0.1) is 10.2 Å². The van der Waals surface area contributed by atoms with Gasteiger partial charge in [-0.25, -0.2) is 19.3 Å². The first-order chi connectivity index (χ1) is 11.8. The lowest BCUT2D eigenvalue weighted by atomic mass is 10.2. The summed E-state index contributed by atoms with van der Waals surface area (Å²) in [6, 6.07) is 1.83. The Hall–Kier alpha value is -3.43. The Morgan fingerprint density at radius 2 is 1.54 bits per heavy atom. The lowest BCUT2D eigenvalue weighted by Gasteiger charge is -2.11. The van der Waals surface area contributed by atoms with E-state index in [1.807, 2.05) is 6.20 Å². The van der Waals surface area contributed by atoms with Gasteiger partial charge in [0.25, 0.3) is 5.56 Å². The Bertz CT molecular complexity index is 1080. The first-order valence-electron chi connectivity index (χ1n) is 7.44. The van der Waals surface area contributed by atoms with Gasteiger partial charge in [0.05, 0.1) is 0 Å². The second-order valence-corrected chi connectivity index (χ2v) is 5.60. The van der Waals surface area contributed by atoms with Crippen LogP contribution in [0.2, 0.25) is 0 Å². The number of aromatic nitrogens is 9. The SMILES string of the molecule is O=c1cc2c(-n3cncn3)nnc(-n3cncn3)c2cn1C1CC1. The maximum absolute atomic E-state index is 12.5. The van der Waals surface area contributed by atoms with Gasteiger partial charge in [-0.3, -0.25) is 4.79 Å². The quantitative estimate of drug-likeness (QED) is 0.533. The molecule has 1 aliphatic carbocycles. The van der Waals surface area contributed by atoms with Gasteiger partial charge in [0.1, 0.15) is 25.3 Å². The van der Waals surface area contributed by atoms with E-state index in [4.69, 9.17) is 0 Å². The van der Waals surface area contributed by atoms with Crippen molar-refractivity contribution in [2.24, 2.45) is 0 Å². The molecule has 10 heteroatoms. The van der Waals surface area contributed by atoms with E-state index in [0.717, 1.165) is 18.2 Å². The van der Waals surface area contributed by atoms with Gasteiger partial charge in [0.15, 0.2) is 11.6 Å². The van der Waals surface area contributed by atoms with E-state index in [1.54, 1.807) is 17.0 Å². The average molecular weight is 321 g/mol. The second kappa shape index (κ2) is 4.78. The number of pyridine rings is 1. The van der Waals surface area contributed by atoms with E-state index in [1.165, 1.54) is 28.3 Å². The van der Waals surface area contributed by atoms with Gasteiger partial charge in [0.2, 0.25) is 0 Å². The van der Waals surface area contributed by atoms with Crippen molar-refractivity contribution in [3.05, 3.63) is 47.9 Å². The zero-order chi connectivity index (χ0) is 16.1. The molecule has 24 heavy (non-hydrogen) atoms. The van der Waals surface area contributed by atoms with Gasteiger partial charge < -0.3 is 4.57 Å². The fourth-order valence-corrected chi connectivity index (χ4v) is 2.73. The highest BCUT2D eigenvalue weighted by Crippen LogP contribution is 2.34. The second-order valence-electron chi connectivity index (χ2n) is 5.60. The number of nitrogens with zero attached hydrogens (tertiary/aromatic N) is 9. The number of hydrogen-bond donors (Lipinski definition) is 0. The van der Waals surface area contributed by atoms with E-state index in [0.29, 0.717) is 17.0 Å². The molecule has 10 nitrogen and oxygen atoms in total. The van der Waals surface area contributed by atoms with Gasteiger partial charge >= 0.3 is 0 Å². The molecular weight excluding hydrogens is 310 g/mol. The molecule has 0 saturated heterocycles. The maximum Gasteiger partial charge on any atom is 0.251 e. The van der Waals surface area contributed by atoms with E-state index in [2.05, 4.69) is 30.4 Å². The molecule has 0 N–H and O–H groups in total.